The Morgan fingerprint density at radius 2 is 0.824 bits per heavy atom. The highest BCUT2D eigenvalue weighted by Crippen LogP contribution is 2.16. The van der Waals surface area contributed by atoms with Crippen molar-refractivity contribution in [1.29, 1.82) is 0 Å². The van der Waals surface area contributed by atoms with Crippen LogP contribution in [-0.2, 0) is 33.3 Å². The van der Waals surface area contributed by atoms with Gasteiger partial charge in [0.25, 0.3) is 6.29 Å². The Hall–Kier alpha value is -2.75. The minimum atomic E-state index is -1.51. The van der Waals surface area contributed by atoms with Crippen LogP contribution in [-0.4, -0.2) is 87.4 Å². The second-order valence-electron chi connectivity index (χ2n) is 20.2. The van der Waals surface area contributed by atoms with Crippen molar-refractivity contribution < 1.29 is 42.9 Å². The van der Waals surface area contributed by atoms with Gasteiger partial charge in [0.1, 0.15) is 13.2 Å². The van der Waals surface area contributed by atoms with E-state index in [1.54, 1.807) is 0 Å². The van der Waals surface area contributed by atoms with Gasteiger partial charge in [-0.2, -0.15) is 0 Å². The Morgan fingerprint density at radius 3 is 1.25 bits per heavy atom. The first-order valence-corrected chi connectivity index (χ1v) is 28.3. The van der Waals surface area contributed by atoms with Gasteiger partial charge in [-0.05, 0) is 70.6 Å². The molecule has 68 heavy (non-hydrogen) atoms. The summed E-state index contributed by atoms with van der Waals surface area (Å²) >= 11 is 0. The van der Waals surface area contributed by atoms with E-state index in [1.165, 1.54) is 148 Å². The van der Waals surface area contributed by atoms with Crippen LogP contribution >= 0.6 is 0 Å². The van der Waals surface area contributed by atoms with E-state index < -0.39 is 24.3 Å². The number of rotatable bonds is 52. The predicted octanol–water partition coefficient (Wildman–Crippen LogP) is 16.3. The molecule has 0 aliphatic rings. The number of carboxylic acid groups (broad SMARTS) is 1. The lowest BCUT2D eigenvalue weighted by Crippen LogP contribution is -2.40. The number of nitrogens with zero attached hydrogens (tertiary/aromatic N) is 1. The number of allylic oxidation sites excluding steroid dienone is 8. The molecule has 0 aromatic carbocycles. The first kappa shape index (κ1) is 65.2. The molecule has 0 rings (SSSR count). The monoisotopic (exact) mass is 959 g/mol. The van der Waals surface area contributed by atoms with Crippen molar-refractivity contribution in [2.45, 2.75) is 264 Å². The number of ether oxygens (including phenoxy) is 4. The number of hydrogen-bond acceptors (Lipinski definition) is 7. The van der Waals surface area contributed by atoms with Gasteiger partial charge in [0.15, 0.2) is 6.10 Å². The molecule has 0 aromatic rings. The normalized spacial score (nSPS) is 13.1. The number of unbranched alkanes of at least 4 members (excludes halogenated alkanes) is 29. The molecule has 0 amide bonds. The lowest BCUT2D eigenvalue weighted by Gasteiger charge is -2.25. The molecule has 0 saturated heterocycles. The van der Waals surface area contributed by atoms with Crippen LogP contribution in [0, 0.1) is 0 Å². The minimum absolute atomic E-state index is 0.185. The predicted molar refractivity (Wildman–Crippen MR) is 286 cm³/mol. The highest BCUT2D eigenvalue weighted by molar-refractivity contribution is 5.71. The molecule has 2 atom stereocenters. The molecular formula is C59H108NO8+. The molecule has 0 aliphatic heterocycles. The number of hydrogen-bond donors (Lipinski definition) is 1. The van der Waals surface area contributed by atoms with Gasteiger partial charge < -0.3 is 28.5 Å². The topological polar surface area (TPSA) is 108 Å². The number of esters is 2. The Bertz CT molecular complexity index is 1250. The maximum absolute atomic E-state index is 12.8. The lowest BCUT2D eigenvalue weighted by molar-refractivity contribution is -0.870. The van der Waals surface area contributed by atoms with Crippen LogP contribution in [0.1, 0.15) is 251 Å². The highest BCUT2D eigenvalue weighted by atomic mass is 16.7. The summed E-state index contributed by atoms with van der Waals surface area (Å²) in [5.41, 5.74) is 0. The molecule has 9 heteroatoms. The Balaban J connectivity index is 4.03. The molecule has 0 aromatic heterocycles. The third-order valence-corrected chi connectivity index (χ3v) is 12.3. The van der Waals surface area contributed by atoms with Crippen LogP contribution in [0.15, 0.2) is 48.6 Å². The van der Waals surface area contributed by atoms with E-state index in [4.69, 9.17) is 18.9 Å². The summed E-state index contributed by atoms with van der Waals surface area (Å²) in [6.45, 7) is 4.80. The van der Waals surface area contributed by atoms with Crippen molar-refractivity contribution in [2.24, 2.45) is 0 Å². The first-order chi connectivity index (χ1) is 33.1. The number of quaternary nitrogens is 1. The zero-order chi connectivity index (χ0) is 49.9. The molecular weight excluding hydrogens is 851 g/mol. The molecule has 9 nitrogen and oxygen atoms in total. The largest absolute Gasteiger partial charge is 0.477 e. The molecule has 0 bridgehead atoms. The number of carboxylic acids is 1. The Kier molecular flexibility index (Phi) is 48.6. The van der Waals surface area contributed by atoms with Gasteiger partial charge >= 0.3 is 17.9 Å². The molecule has 0 heterocycles. The van der Waals surface area contributed by atoms with Gasteiger partial charge in [0.2, 0.25) is 0 Å². The number of carbonyl (C=O) groups is 3. The van der Waals surface area contributed by atoms with E-state index in [0.29, 0.717) is 17.4 Å². The molecule has 1 N–H and O–H groups in total. The molecule has 0 aliphatic carbocycles. The third-order valence-electron chi connectivity index (χ3n) is 12.3. The average Bonchev–Trinajstić information content (AvgIpc) is 3.30. The van der Waals surface area contributed by atoms with E-state index in [9.17, 15) is 19.5 Å². The molecule has 0 radical (unpaired) electrons. The highest BCUT2D eigenvalue weighted by Gasteiger charge is 2.25. The van der Waals surface area contributed by atoms with Gasteiger partial charge in [-0.25, -0.2) is 4.79 Å². The lowest BCUT2D eigenvalue weighted by atomic mass is 10.0. The second-order valence-corrected chi connectivity index (χ2v) is 20.2. The number of likely N-dealkylation sites (N-methyl/N-ethyl adjacent to an activating group) is 1. The van der Waals surface area contributed by atoms with E-state index in [-0.39, 0.29) is 32.2 Å². The van der Waals surface area contributed by atoms with Crippen LogP contribution in [0.25, 0.3) is 0 Å². The zero-order valence-electron chi connectivity index (χ0n) is 45.0. The summed E-state index contributed by atoms with van der Waals surface area (Å²) in [6, 6.07) is 0. The van der Waals surface area contributed by atoms with E-state index in [2.05, 4.69) is 62.5 Å². The van der Waals surface area contributed by atoms with Gasteiger partial charge in [0.05, 0.1) is 34.4 Å². The first-order valence-electron chi connectivity index (χ1n) is 28.3. The fourth-order valence-corrected chi connectivity index (χ4v) is 7.91. The minimum Gasteiger partial charge on any atom is -0.477 e. The standard InChI is InChI=1S/C59H107NO8/c1-6-8-10-12-14-16-18-19-20-21-22-23-24-25-26-27-28-29-30-31-32-33-34-35-36-37-38-39-40-42-44-46-48-50-57(62)68-55(54-67-59(58(63)64)65-52-51-60(3,4)5)53-66-56(61)49-47-45-43-41-17-15-13-11-9-7-2/h11,13,18-19,21-22,24-25,55,59H,6-10,12,14-17,20,23,26-54H2,1-5H3/p+1/b13-11-,19-18-,22-21-,25-24-. The Labute approximate surface area is 419 Å². The second kappa shape index (κ2) is 50.6. The summed E-state index contributed by atoms with van der Waals surface area (Å²) in [7, 11) is 5.96. The Morgan fingerprint density at radius 1 is 0.441 bits per heavy atom. The van der Waals surface area contributed by atoms with Crippen molar-refractivity contribution in [1.82, 2.24) is 0 Å². The molecule has 0 spiro atoms. The number of carbonyl (C=O) groups excluding carboxylic acids is 2. The third kappa shape index (κ3) is 51.1. The van der Waals surface area contributed by atoms with Crippen molar-refractivity contribution in [3.63, 3.8) is 0 Å². The van der Waals surface area contributed by atoms with Crippen LogP contribution in [0.2, 0.25) is 0 Å². The summed E-state index contributed by atoms with van der Waals surface area (Å²) in [5.74, 6) is -2.01. The van der Waals surface area contributed by atoms with Crippen molar-refractivity contribution in [3.05, 3.63) is 48.6 Å². The molecule has 396 valence electrons. The van der Waals surface area contributed by atoms with E-state index >= 15 is 0 Å². The molecule has 0 saturated carbocycles. The van der Waals surface area contributed by atoms with Gasteiger partial charge in [-0.15, -0.1) is 0 Å². The fraction of sp³-hybridized carbons (Fsp3) is 0.814. The summed E-state index contributed by atoms with van der Waals surface area (Å²) in [6.07, 6.45) is 59.3. The van der Waals surface area contributed by atoms with Crippen LogP contribution in [0.5, 0.6) is 0 Å². The maximum atomic E-state index is 12.8. The van der Waals surface area contributed by atoms with E-state index in [0.717, 1.165) is 77.0 Å². The maximum Gasteiger partial charge on any atom is 0.361 e. The van der Waals surface area contributed by atoms with Crippen molar-refractivity contribution in [2.75, 3.05) is 47.5 Å². The van der Waals surface area contributed by atoms with Crippen molar-refractivity contribution >= 4 is 17.9 Å². The summed E-state index contributed by atoms with van der Waals surface area (Å²) < 4.78 is 22.8. The van der Waals surface area contributed by atoms with Crippen LogP contribution in [0.3, 0.4) is 0 Å². The SMILES string of the molecule is CCC/C=C\CCCCCCCC(=O)OCC(COC(OCC[N+](C)(C)C)C(=O)O)OC(=O)CCCCCCCCCCCCCCCCCCCC/C=C\C/C=C\C/C=C\CCCCCCC. The van der Waals surface area contributed by atoms with Gasteiger partial charge in [-0.1, -0.05) is 217 Å². The van der Waals surface area contributed by atoms with E-state index in [1.807, 2.05) is 21.1 Å². The van der Waals surface area contributed by atoms with Crippen LogP contribution < -0.4 is 0 Å². The fourth-order valence-electron chi connectivity index (χ4n) is 7.91. The summed E-state index contributed by atoms with van der Waals surface area (Å²) in [5, 5.41) is 9.66. The smallest absolute Gasteiger partial charge is 0.361 e. The quantitative estimate of drug-likeness (QED) is 0.0211. The van der Waals surface area contributed by atoms with Crippen molar-refractivity contribution in [3.8, 4) is 0 Å². The average molecular weight is 960 g/mol. The van der Waals surface area contributed by atoms with Crippen LogP contribution in [0.4, 0.5) is 0 Å². The number of aliphatic carboxylic acids is 1. The van der Waals surface area contributed by atoms with Gasteiger partial charge in [0, 0.05) is 12.8 Å². The zero-order valence-corrected chi connectivity index (χ0v) is 45.0. The molecule has 2 unspecified atom stereocenters. The summed E-state index contributed by atoms with van der Waals surface area (Å²) in [4.78, 5) is 37.2. The molecule has 0 fully saturated rings. The van der Waals surface area contributed by atoms with Gasteiger partial charge in [-0.3, -0.25) is 9.59 Å².